The van der Waals surface area contributed by atoms with Crippen LogP contribution in [0.15, 0.2) is 47.5 Å². The number of carboxylic acids is 1. The maximum atomic E-state index is 10.6. The second kappa shape index (κ2) is 9.21. The zero-order chi connectivity index (χ0) is 27.2. The lowest BCUT2D eigenvalue weighted by Crippen LogP contribution is -2.48. The number of benzene rings is 2. The molecular formula is C26H30F3N3O5. The van der Waals surface area contributed by atoms with Crippen molar-refractivity contribution in [2.24, 2.45) is 16.1 Å². The minimum absolute atomic E-state index is 0.208. The Morgan fingerprint density at radius 2 is 1.76 bits per heavy atom. The van der Waals surface area contributed by atoms with Crippen LogP contribution >= 0.6 is 0 Å². The monoisotopic (exact) mass is 521 g/mol. The predicted octanol–water partition coefficient (Wildman–Crippen LogP) is 4.21. The Morgan fingerprint density at radius 3 is 2.30 bits per heavy atom. The second-order valence-corrected chi connectivity index (χ2v) is 10.1. The molecule has 1 fully saturated rings. The summed E-state index contributed by atoms with van der Waals surface area (Å²) >= 11 is 0. The lowest BCUT2D eigenvalue weighted by atomic mass is 9.64. The summed E-state index contributed by atoms with van der Waals surface area (Å²) in [6, 6.07) is 14.6. The molecule has 37 heavy (non-hydrogen) atoms. The van der Waals surface area contributed by atoms with Gasteiger partial charge in [0.15, 0.2) is 0 Å². The van der Waals surface area contributed by atoms with Crippen LogP contribution in [0.2, 0.25) is 0 Å². The molecule has 1 atom stereocenters. The van der Waals surface area contributed by atoms with Crippen LogP contribution in [0.1, 0.15) is 43.7 Å². The van der Waals surface area contributed by atoms with E-state index in [0.29, 0.717) is 5.96 Å². The number of methoxy groups -OCH3 is 1. The van der Waals surface area contributed by atoms with Crippen LogP contribution in [0.5, 0.6) is 5.75 Å². The first-order valence-corrected chi connectivity index (χ1v) is 11.8. The van der Waals surface area contributed by atoms with E-state index in [2.05, 4.69) is 24.3 Å². The number of fused-ring (bicyclic) bond motifs is 3. The minimum Gasteiger partial charge on any atom is -0.497 e. The van der Waals surface area contributed by atoms with Crippen molar-refractivity contribution in [2.75, 3.05) is 14.2 Å². The molecule has 2 aromatic rings. The van der Waals surface area contributed by atoms with Gasteiger partial charge in [0, 0.05) is 18.0 Å². The molecule has 0 saturated heterocycles. The van der Waals surface area contributed by atoms with Gasteiger partial charge in [0.1, 0.15) is 5.75 Å². The van der Waals surface area contributed by atoms with Gasteiger partial charge in [-0.3, -0.25) is 0 Å². The average Bonchev–Trinajstić information content (AvgIpc) is 3.28. The Kier molecular flexibility index (Phi) is 6.66. The third-order valence-electron chi connectivity index (χ3n) is 7.52. The summed E-state index contributed by atoms with van der Waals surface area (Å²) in [7, 11) is 3.49. The van der Waals surface area contributed by atoms with Gasteiger partial charge in [-0.2, -0.15) is 13.2 Å². The second-order valence-electron chi connectivity index (χ2n) is 10.1. The lowest BCUT2D eigenvalue weighted by molar-refractivity contribution is -0.235. The summed E-state index contributed by atoms with van der Waals surface area (Å²) < 4.78 is 37.1. The fraction of sp³-hybridized carbons (Fsp3) is 0.462. The molecule has 0 bridgehead atoms. The quantitative estimate of drug-likeness (QED) is 0.542. The van der Waals surface area contributed by atoms with Gasteiger partial charge < -0.3 is 20.7 Å². The number of carbonyl (C=O) groups is 1. The van der Waals surface area contributed by atoms with Crippen LogP contribution in [-0.4, -0.2) is 53.1 Å². The molecule has 2 aromatic carbocycles. The van der Waals surface area contributed by atoms with Gasteiger partial charge in [0.05, 0.1) is 12.7 Å². The highest BCUT2D eigenvalue weighted by Crippen LogP contribution is 2.63. The van der Waals surface area contributed by atoms with Crippen LogP contribution in [0.3, 0.4) is 0 Å². The highest BCUT2D eigenvalue weighted by atomic mass is 19.4. The molecule has 4 N–H and O–H groups in total. The van der Waals surface area contributed by atoms with Crippen LogP contribution in [0.4, 0.5) is 13.2 Å². The first-order chi connectivity index (χ1) is 17.2. The van der Waals surface area contributed by atoms with Crippen molar-refractivity contribution in [3.05, 3.63) is 53.6 Å². The van der Waals surface area contributed by atoms with Gasteiger partial charge in [0.25, 0.3) is 0 Å². The molecule has 5 rings (SSSR count). The van der Waals surface area contributed by atoms with Crippen molar-refractivity contribution < 1.29 is 37.8 Å². The van der Waals surface area contributed by atoms with E-state index in [1.807, 2.05) is 32.2 Å². The van der Waals surface area contributed by atoms with Gasteiger partial charge >= 0.3 is 12.1 Å². The summed E-state index contributed by atoms with van der Waals surface area (Å²) in [5, 5.41) is 19.3. The molecule has 2 aliphatic carbocycles. The van der Waals surface area contributed by atoms with Crippen molar-refractivity contribution >= 4 is 11.9 Å². The molecule has 1 saturated carbocycles. The van der Waals surface area contributed by atoms with E-state index in [4.69, 9.17) is 30.2 Å². The van der Waals surface area contributed by atoms with Crippen molar-refractivity contribution in [3.8, 4) is 16.9 Å². The van der Waals surface area contributed by atoms with E-state index in [9.17, 15) is 18.3 Å². The number of hydrogen-bond donors (Lipinski definition) is 3. The van der Waals surface area contributed by atoms with Crippen molar-refractivity contribution in [1.82, 2.24) is 5.06 Å². The number of nitrogens with two attached hydrogens (primary N) is 1. The first-order valence-electron chi connectivity index (χ1n) is 11.8. The molecule has 0 amide bonds. The number of rotatable bonds is 2. The van der Waals surface area contributed by atoms with Gasteiger partial charge in [-0.05, 0) is 73.9 Å². The number of hydrogen-bond acceptors (Lipinski definition) is 7. The number of ether oxygens (including phenoxy) is 1. The molecule has 0 radical (unpaired) electrons. The van der Waals surface area contributed by atoms with E-state index in [1.54, 1.807) is 12.2 Å². The average molecular weight is 522 g/mol. The number of guanidine groups is 1. The fourth-order valence-corrected chi connectivity index (χ4v) is 5.40. The smallest absolute Gasteiger partial charge is 0.490 e. The Labute approximate surface area is 212 Å². The normalized spacial score (nSPS) is 28.5. The lowest BCUT2D eigenvalue weighted by Gasteiger charge is -2.47. The summed E-state index contributed by atoms with van der Waals surface area (Å²) in [5.74, 6) is -1.54. The van der Waals surface area contributed by atoms with Gasteiger partial charge in [-0.15, -0.1) is 0 Å². The zero-order valence-electron chi connectivity index (χ0n) is 20.8. The molecule has 1 unspecified atom stereocenters. The zero-order valence-corrected chi connectivity index (χ0v) is 20.8. The van der Waals surface area contributed by atoms with Crippen molar-refractivity contribution in [1.29, 1.82) is 0 Å². The Balaban J connectivity index is 0.000000405. The largest absolute Gasteiger partial charge is 0.497 e. The SMILES string of the molecule is COc1cccc(-c2ccc3c(c2)C2(N=C(N)N(C)O2)C2(CCC(C)(O)CC2)C3)c1.O=C(O)C(F)(F)F. The number of carboxylic acid groups (broad SMARTS) is 1. The number of aliphatic imine (C=N–C) groups is 1. The Morgan fingerprint density at radius 1 is 1.14 bits per heavy atom. The van der Waals surface area contributed by atoms with Crippen LogP contribution in [0.25, 0.3) is 11.1 Å². The van der Waals surface area contributed by atoms with Crippen LogP contribution in [0, 0.1) is 5.41 Å². The molecule has 2 spiro atoms. The Bertz CT molecular complexity index is 1220. The topological polar surface area (TPSA) is 118 Å². The number of alkyl halides is 3. The molecule has 8 nitrogen and oxygen atoms in total. The highest BCUT2D eigenvalue weighted by molar-refractivity contribution is 5.79. The maximum Gasteiger partial charge on any atom is 0.490 e. The van der Waals surface area contributed by atoms with Crippen molar-refractivity contribution in [2.45, 2.75) is 56.5 Å². The number of halogens is 3. The third kappa shape index (κ3) is 4.85. The van der Waals surface area contributed by atoms with Gasteiger partial charge in [0.2, 0.25) is 11.7 Å². The number of nitrogens with zero attached hydrogens (tertiary/aromatic N) is 2. The summed E-state index contributed by atoms with van der Waals surface area (Å²) in [5.41, 5.74) is 9.03. The molecule has 200 valence electrons. The predicted molar refractivity (Wildman–Crippen MR) is 129 cm³/mol. The molecular weight excluding hydrogens is 491 g/mol. The van der Waals surface area contributed by atoms with E-state index < -0.39 is 23.5 Å². The standard InChI is InChI=1S/C24H29N3O3.C2HF3O2/c1-22(28)9-11-23(12-10-22)15-18-8-7-17(16-5-4-6-19(13-16)29-3)14-20(18)24(23)26-21(25)27(2)30-24;3-2(4,5)1(6)7/h4-8,13-14,28H,9-12,15H2,1-3H3,(H2,25,26);(H,6,7). The Hall–Kier alpha value is -3.31. The van der Waals surface area contributed by atoms with E-state index in [0.717, 1.165) is 54.5 Å². The maximum absolute atomic E-state index is 10.6. The fourth-order valence-electron chi connectivity index (χ4n) is 5.40. The summed E-state index contributed by atoms with van der Waals surface area (Å²) in [6.45, 7) is 1.93. The molecule has 3 aliphatic rings. The van der Waals surface area contributed by atoms with Crippen LogP contribution in [-0.2, 0) is 21.8 Å². The minimum atomic E-state index is -5.08. The van der Waals surface area contributed by atoms with Gasteiger partial charge in [-0.1, -0.05) is 24.3 Å². The van der Waals surface area contributed by atoms with E-state index in [1.165, 1.54) is 5.56 Å². The summed E-state index contributed by atoms with van der Waals surface area (Å²) in [4.78, 5) is 20.3. The third-order valence-corrected chi connectivity index (χ3v) is 7.52. The van der Waals surface area contributed by atoms with E-state index >= 15 is 0 Å². The molecule has 11 heteroatoms. The molecule has 0 aromatic heterocycles. The molecule has 1 heterocycles. The summed E-state index contributed by atoms with van der Waals surface area (Å²) in [6.07, 6.45) is -1.06. The highest BCUT2D eigenvalue weighted by Gasteiger charge is 2.64. The van der Waals surface area contributed by atoms with Crippen LogP contribution < -0.4 is 10.5 Å². The van der Waals surface area contributed by atoms with E-state index in [-0.39, 0.29) is 5.41 Å². The van der Waals surface area contributed by atoms with Gasteiger partial charge in [-0.25, -0.2) is 19.7 Å². The number of hydroxylamine groups is 2. The molecule has 1 aliphatic heterocycles. The van der Waals surface area contributed by atoms with Crippen molar-refractivity contribution in [3.63, 3.8) is 0 Å². The first kappa shape index (κ1) is 26.7. The number of aliphatic carboxylic acids is 1. The number of aliphatic hydroxyl groups is 1.